The van der Waals surface area contributed by atoms with Crippen LogP contribution in [-0.4, -0.2) is 39.7 Å². The molecule has 1 aromatic carbocycles. The van der Waals surface area contributed by atoms with Gasteiger partial charge in [-0.3, -0.25) is 4.79 Å². The average Bonchev–Trinajstić information content (AvgIpc) is 3.13. The van der Waals surface area contributed by atoms with E-state index in [1.165, 1.54) is 0 Å². The van der Waals surface area contributed by atoms with Gasteiger partial charge in [0, 0.05) is 23.8 Å². The van der Waals surface area contributed by atoms with Crippen LogP contribution in [0.1, 0.15) is 23.7 Å². The summed E-state index contributed by atoms with van der Waals surface area (Å²) in [6, 6.07) is 7.59. The van der Waals surface area contributed by atoms with Crippen molar-refractivity contribution in [1.29, 1.82) is 0 Å². The molecule has 2 unspecified atom stereocenters. The molecule has 7 heteroatoms. The van der Waals surface area contributed by atoms with Gasteiger partial charge in [0.15, 0.2) is 0 Å². The normalized spacial score (nSPS) is 20.4. The number of amides is 1. The van der Waals surface area contributed by atoms with E-state index in [2.05, 4.69) is 12.0 Å². The number of likely N-dealkylation sites (tertiary alicyclic amines) is 1. The number of carbonyl (C=O) groups is 1. The van der Waals surface area contributed by atoms with Crippen LogP contribution in [0.25, 0.3) is 5.69 Å². The molecule has 0 bridgehead atoms. The van der Waals surface area contributed by atoms with Gasteiger partial charge in [-0.05, 0) is 44.0 Å². The van der Waals surface area contributed by atoms with E-state index in [0.29, 0.717) is 23.0 Å². The highest BCUT2D eigenvalue weighted by Crippen LogP contribution is 2.24. The Morgan fingerprint density at radius 3 is 2.91 bits per heavy atom. The van der Waals surface area contributed by atoms with Gasteiger partial charge in [-0.2, -0.15) is 5.10 Å². The van der Waals surface area contributed by atoms with Crippen LogP contribution in [0.15, 0.2) is 36.7 Å². The van der Waals surface area contributed by atoms with Crippen LogP contribution in [-0.2, 0) is 0 Å². The van der Waals surface area contributed by atoms with Crippen LogP contribution in [0.2, 0.25) is 5.02 Å². The number of hydrogen-bond donors (Lipinski definition) is 1. The van der Waals surface area contributed by atoms with E-state index in [-0.39, 0.29) is 24.4 Å². The highest BCUT2D eigenvalue weighted by molar-refractivity contribution is 6.30. The fourth-order valence-electron chi connectivity index (χ4n) is 2.96. The summed E-state index contributed by atoms with van der Waals surface area (Å²) in [6.45, 7) is 3.41. The summed E-state index contributed by atoms with van der Waals surface area (Å²) in [4.78, 5) is 14.5. The molecule has 2 N–H and O–H groups in total. The topological polar surface area (TPSA) is 64.2 Å². The Hall–Kier alpha value is -1.56. The second-order valence-electron chi connectivity index (χ2n) is 5.80. The second-order valence-corrected chi connectivity index (χ2v) is 6.23. The minimum atomic E-state index is 0. The van der Waals surface area contributed by atoms with E-state index in [1.807, 2.05) is 23.1 Å². The lowest BCUT2D eigenvalue weighted by molar-refractivity contribution is 0.0743. The second kappa shape index (κ2) is 7.34. The van der Waals surface area contributed by atoms with Crippen molar-refractivity contribution in [3.05, 3.63) is 47.2 Å². The Balaban J connectivity index is 0.00000192. The van der Waals surface area contributed by atoms with Gasteiger partial charge in [-0.1, -0.05) is 17.7 Å². The quantitative estimate of drug-likeness (QED) is 0.921. The minimum Gasteiger partial charge on any atom is -0.336 e. The van der Waals surface area contributed by atoms with Gasteiger partial charge in [0.25, 0.3) is 5.91 Å². The molecule has 2 atom stereocenters. The molecule has 2 heterocycles. The summed E-state index contributed by atoms with van der Waals surface area (Å²) in [7, 11) is 0. The minimum absolute atomic E-state index is 0. The van der Waals surface area contributed by atoms with Crippen molar-refractivity contribution in [1.82, 2.24) is 14.7 Å². The van der Waals surface area contributed by atoms with E-state index in [1.54, 1.807) is 23.1 Å². The molecule has 5 nitrogen and oxygen atoms in total. The predicted octanol–water partition coefficient (Wildman–Crippen LogP) is 2.76. The molecule has 1 aromatic heterocycles. The van der Waals surface area contributed by atoms with Gasteiger partial charge in [0.1, 0.15) is 0 Å². The van der Waals surface area contributed by atoms with E-state index in [4.69, 9.17) is 17.3 Å². The lowest BCUT2D eigenvalue weighted by Crippen LogP contribution is -2.34. The maximum atomic E-state index is 12.6. The van der Waals surface area contributed by atoms with Crippen molar-refractivity contribution in [2.24, 2.45) is 11.7 Å². The van der Waals surface area contributed by atoms with Crippen molar-refractivity contribution >= 4 is 29.9 Å². The van der Waals surface area contributed by atoms with Crippen LogP contribution in [0.5, 0.6) is 0 Å². The molecule has 0 spiro atoms. The zero-order valence-electron chi connectivity index (χ0n) is 12.9. The fourth-order valence-corrected chi connectivity index (χ4v) is 3.14. The molecule has 0 saturated carbocycles. The maximum Gasteiger partial charge on any atom is 0.257 e. The van der Waals surface area contributed by atoms with Gasteiger partial charge < -0.3 is 10.6 Å². The number of aromatic nitrogens is 2. The van der Waals surface area contributed by atoms with Crippen LogP contribution < -0.4 is 5.73 Å². The average molecular weight is 355 g/mol. The van der Waals surface area contributed by atoms with Crippen molar-refractivity contribution in [3.63, 3.8) is 0 Å². The van der Waals surface area contributed by atoms with Crippen LogP contribution in [0.3, 0.4) is 0 Å². The highest BCUT2D eigenvalue weighted by Gasteiger charge is 2.32. The summed E-state index contributed by atoms with van der Waals surface area (Å²) in [5.74, 6) is 0.402. The first-order valence-electron chi connectivity index (χ1n) is 7.40. The predicted molar refractivity (Wildman–Crippen MR) is 93.5 cm³/mol. The van der Waals surface area contributed by atoms with Gasteiger partial charge in [-0.25, -0.2) is 4.68 Å². The number of nitrogens with zero attached hydrogens (tertiary/aromatic N) is 3. The summed E-state index contributed by atoms with van der Waals surface area (Å²) < 4.78 is 1.67. The Labute approximate surface area is 146 Å². The number of benzene rings is 1. The third kappa shape index (κ3) is 3.68. The Morgan fingerprint density at radius 1 is 1.48 bits per heavy atom. The molecule has 2 aromatic rings. The number of nitrogens with two attached hydrogens (primary N) is 1. The van der Waals surface area contributed by atoms with Crippen molar-refractivity contribution in [3.8, 4) is 5.69 Å². The SMILES string of the molecule is CC1CC(CN)CN1C(=O)c1cnn(-c2cccc(Cl)c2)c1.Cl. The van der Waals surface area contributed by atoms with Gasteiger partial charge >= 0.3 is 0 Å². The summed E-state index contributed by atoms with van der Waals surface area (Å²) in [5, 5.41) is 4.91. The molecular formula is C16H20Cl2N4O. The van der Waals surface area contributed by atoms with Gasteiger partial charge in [0.2, 0.25) is 0 Å². The third-order valence-electron chi connectivity index (χ3n) is 4.16. The molecule has 1 fully saturated rings. The fraction of sp³-hybridized carbons (Fsp3) is 0.375. The molecule has 23 heavy (non-hydrogen) atoms. The van der Waals surface area contributed by atoms with Crippen LogP contribution >= 0.6 is 24.0 Å². The first-order valence-corrected chi connectivity index (χ1v) is 7.78. The van der Waals surface area contributed by atoms with Crippen LogP contribution in [0, 0.1) is 5.92 Å². The summed E-state index contributed by atoms with van der Waals surface area (Å²) >= 11 is 5.99. The number of rotatable bonds is 3. The molecule has 0 aliphatic carbocycles. The van der Waals surface area contributed by atoms with Gasteiger partial charge in [-0.15, -0.1) is 12.4 Å². The van der Waals surface area contributed by atoms with E-state index in [9.17, 15) is 4.79 Å². The van der Waals surface area contributed by atoms with Crippen LogP contribution in [0.4, 0.5) is 0 Å². The largest absolute Gasteiger partial charge is 0.336 e. The number of hydrogen-bond acceptors (Lipinski definition) is 3. The smallest absolute Gasteiger partial charge is 0.257 e. The van der Waals surface area contributed by atoms with Crippen molar-refractivity contribution in [2.45, 2.75) is 19.4 Å². The first kappa shape index (κ1) is 17.8. The zero-order chi connectivity index (χ0) is 15.7. The first-order chi connectivity index (χ1) is 10.6. The molecule has 1 amide bonds. The molecule has 3 rings (SSSR count). The Morgan fingerprint density at radius 2 is 2.26 bits per heavy atom. The Bertz CT molecular complexity index is 688. The summed E-state index contributed by atoms with van der Waals surface area (Å²) in [6.07, 6.45) is 4.31. The molecule has 124 valence electrons. The maximum absolute atomic E-state index is 12.6. The molecule has 1 aliphatic heterocycles. The highest BCUT2D eigenvalue weighted by atomic mass is 35.5. The molecule has 0 radical (unpaired) electrons. The number of halogens is 2. The van der Waals surface area contributed by atoms with E-state index < -0.39 is 0 Å². The van der Waals surface area contributed by atoms with E-state index in [0.717, 1.165) is 18.7 Å². The Kier molecular flexibility index (Phi) is 5.68. The number of carbonyl (C=O) groups excluding carboxylic acids is 1. The van der Waals surface area contributed by atoms with E-state index >= 15 is 0 Å². The standard InChI is InChI=1S/C16H19ClN4O.ClH/c1-11-5-12(7-18)9-20(11)16(22)13-8-19-21(10-13)15-4-2-3-14(17)6-15;/h2-4,6,8,10-12H,5,7,9,18H2,1H3;1H. The monoisotopic (exact) mass is 354 g/mol. The lowest BCUT2D eigenvalue weighted by Gasteiger charge is -2.20. The van der Waals surface area contributed by atoms with Crippen molar-refractivity contribution < 1.29 is 4.79 Å². The molecular weight excluding hydrogens is 335 g/mol. The molecule has 1 saturated heterocycles. The van der Waals surface area contributed by atoms with Gasteiger partial charge in [0.05, 0.1) is 17.4 Å². The lowest BCUT2D eigenvalue weighted by atomic mass is 10.1. The van der Waals surface area contributed by atoms with Crippen molar-refractivity contribution in [2.75, 3.05) is 13.1 Å². The molecule has 1 aliphatic rings. The zero-order valence-corrected chi connectivity index (χ0v) is 14.4. The summed E-state index contributed by atoms with van der Waals surface area (Å²) in [5.41, 5.74) is 7.15. The third-order valence-corrected chi connectivity index (χ3v) is 4.39.